The maximum atomic E-state index is 5.81. The highest BCUT2D eigenvalue weighted by Crippen LogP contribution is 2.36. The molecule has 1 aromatic rings. The minimum absolute atomic E-state index is 0.177. The van der Waals surface area contributed by atoms with E-state index in [1.807, 2.05) is 6.92 Å². The molecule has 0 aromatic heterocycles. The van der Waals surface area contributed by atoms with Gasteiger partial charge in [0.2, 0.25) is 0 Å². The van der Waals surface area contributed by atoms with E-state index in [2.05, 4.69) is 68.7 Å². The molecule has 2 heteroatoms. The lowest BCUT2D eigenvalue weighted by Crippen LogP contribution is -2.14. The fourth-order valence-electron chi connectivity index (χ4n) is 2.10. The Labute approximate surface area is 126 Å². The second-order valence-electron chi connectivity index (χ2n) is 6.36. The highest BCUT2D eigenvalue weighted by atomic mass is 79.9. The Morgan fingerprint density at radius 2 is 1.84 bits per heavy atom. The van der Waals surface area contributed by atoms with Crippen molar-refractivity contribution in [2.75, 3.05) is 11.9 Å². The fraction of sp³-hybridized carbons (Fsp3) is 0.647. The molecule has 0 amide bonds. The predicted octanol–water partition coefficient (Wildman–Crippen LogP) is 5.52. The molecular weight excluding hydrogens is 300 g/mol. The van der Waals surface area contributed by atoms with Crippen molar-refractivity contribution in [2.45, 2.75) is 52.9 Å². The van der Waals surface area contributed by atoms with Gasteiger partial charge in [-0.05, 0) is 41.4 Å². The van der Waals surface area contributed by atoms with Crippen molar-refractivity contribution in [3.05, 3.63) is 29.3 Å². The molecule has 0 bridgehead atoms. The van der Waals surface area contributed by atoms with Gasteiger partial charge in [-0.25, -0.2) is 0 Å². The minimum Gasteiger partial charge on any atom is -0.494 e. The molecule has 0 spiro atoms. The van der Waals surface area contributed by atoms with Crippen LogP contribution in [-0.4, -0.2) is 11.9 Å². The van der Waals surface area contributed by atoms with Crippen molar-refractivity contribution in [1.82, 2.24) is 0 Å². The minimum atomic E-state index is 0.177. The molecule has 108 valence electrons. The first kappa shape index (κ1) is 16.6. The summed E-state index contributed by atoms with van der Waals surface area (Å²) in [5.74, 6) is 2.12. The number of hydrogen-bond donors (Lipinski definition) is 0. The van der Waals surface area contributed by atoms with Crippen molar-refractivity contribution < 1.29 is 4.74 Å². The number of halogens is 1. The third-order valence-corrected chi connectivity index (χ3v) is 4.78. The molecule has 0 radical (unpaired) electrons. The summed E-state index contributed by atoms with van der Waals surface area (Å²) in [7, 11) is 0. The van der Waals surface area contributed by atoms with Crippen LogP contribution in [0.5, 0.6) is 5.75 Å². The smallest absolute Gasteiger partial charge is 0.122 e. The van der Waals surface area contributed by atoms with Crippen molar-refractivity contribution in [3.8, 4) is 5.75 Å². The molecule has 1 rings (SSSR count). The SMILES string of the molecule is CCOc1ccc(C(C)(C)C)cc1C(C)C(C)CBr. The molecule has 0 aliphatic heterocycles. The van der Waals surface area contributed by atoms with Gasteiger partial charge in [-0.3, -0.25) is 0 Å². The number of alkyl halides is 1. The molecule has 0 saturated carbocycles. The van der Waals surface area contributed by atoms with Crippen LogP contribution in [0.3, 0.4) is 0 Å². The monoisotopic (exact) mass is 326 g/mol. The van der Waals surface area contributed by atoms with Crippen LogP contribution >= 0.6 is 15.9 Å². The van der Waals surface area contributed by atoms with E-state index in [0.717, 1.165) is 17.7 Å². The predicted molar refractivity (Wildman–Crippen MR) is 87.7 cm³/mol. The van der Waals surface area contributed by atoms with Crippen LogP contribution < -0.4 is 4.74 Å². The van der Waals surface area contributed by atoms with Gasteiger partial charge in [0.25, 0.3) is 0 Å². The van der Waals surface area contributed by atoms with E-state index in [-0.39, 0.29) is 5.41 Å². The van der Waals surface area contributed by atoms with Crippen molar-refractivity contribution >= 4 is 15.9 Å². The first-order valence-corrected chi connectivity index (χ1v) is 8.26. The molecule has 1 aromatic carbocycles. The topological polar surface area (TPSA) is 9.23 Å². The highest BCUT2D eigenvalue weighted by molar-refractivity contribution is 9.09. The summed E-state index contributed by atoms with van der Waals surface area (Å²) >= 11 is 3.59. The van der Waals surface area contributed by atoms with Gasteiger partial charge in [0.15, 0.2) is 0 Å². The zero-order valence-corrected chi connectivity index (χ0v) is 14.7. The molecular formula is C17H27BrO. The molecule has 0 heterocycles. The van der Waals surface area contributed by atoms with Crippen LogP contribution in [0, 0.1) is 5.92 Å². The summed E-state index contributed by atoms with van der Waals surface area (Å²) in [6.45, 7) is 14.1. The summed E-state index contributed by atoms with van der Waals surface area (Å²) in [6, 6.07) is 6.66. The molecule has 0 aliphatic carbocycles. The molecule has 0 fully saturated rings. The number of ether oxygens (including phenoxy) is 1. The average Bonchev–Trinajstić information content (AvgIpc) is 2.36. The summed E-state index contributed by atoms with van der Waals surface area (Å²) in [6.07, 6.45) is 0. The van der Waals surface area contributed by atoms with Gasteiger partial charge in [0, 0.05) is 5.33 Å². The Morgan fingerprint density at radius 1 is 1.21 bits per heavy atom. The average molecular weight is 327 g/mol. The van der Waals surface area contributed by atoms with Gasteiger partial charge in [0.1, 0.15) is 5.75 Å². The standard InChI is InChI=1S/C17H27BrO/c1-7-19-16-9-8-14(17(4,5)6)10-15(16)13(3)12(2)11-18/h8-10,12-13H,7,11H2,1-6H3. The number of rotatable bonds is 5. The van der Waals surface area contributed by atoms with Gasteiger partial charge < -0.3 is 4.74 Å². The lowest BCUT2D eigenvalue weighted by Gasteiger charge is -2.25. The van der Waals surface area contributed by atoms with Crippen LogP contribution in [0.4, 0.5) is 0 Å². The molecule has 0 aliphatic rings. The van der Waals surface area contributed by atoms with Crippen LogP contribution in [-0.2, 0) is 5.41 Å². The lowest BCUT2D eigenvalue weighted by molar-refractivity contribution is 0.331. The van der Waals surface area contributed by atoms with Gasteiger partial charge in [-0.1, -0.05) is 62.7 Å². The summed E-state index contributed by atoms with van der Waals surface area (Å²) in [5, 5.41) is 1.01. The molecule has 0 N–H and O–H groups in total. The van der Waals surface area contributed by atoms with E-state index in [4.69, 9.17) is 4.74 Å². The van der Waals surface area contributed by atoms with E-state index in [0.29, 0.717) is 11.8 Å². The van der Waals surface area contributed by atoms with E-state index >= 15 is 0 Å². The molecule has 19 heavy (non-hydrogen) atoms. The summed E-state index contributed by atoms with van der Waals surface area (Å²) < 4.78 is 5.81. The van der Waals surface area contributed by atoms with E-state index in [1.54, 1.807) is 0 Å². The summed E-state index contributed by atoms with van der Waals surface area (Å²) in [5.41, 5.74) is 2.89. The first-order valence-electron chi connectivity index (χ1n) is 7.14. The van der Waals surface area contributed by atoms with E-state index in [1.165, 1.54) is 11.1 Å². The van der Waals surface area contributed by atoms with Gasteiger partial charge in [-0.2, -0.15) is 0 Å². The van der Waals surface area contributed by atoms with Gasteiger partial charge >= 0.3 is 0 Å². The third-order valence-electron chi connectivity index (χ3n) is 3.76. The Hall–Kier alpha value is -0.500. The second kappa shape index (κ2) is 6.78. The van der Waals surface area contributed by atoms with Crippen molar-refractivity contribution in [1.29, 1.82) is 0 Å². The van der Waals surface area contributed by atoms with Gasteiger partial charge in [0.05, 0.1) is 6.61 Å². The van der Waals surface area contributed by atoms with E-state index in [9.17, 15) is 0 Å². The zero-order valence-electron chi connectivity index (χ0n) is 13.1. The third kappa shape index (κ3) is 4.24. The summed E-state index contributed by atoms with van der Waals surface area (Å²) in [4.78, 5) is 0. The second-order valence-corrected chi connectivity index (χ2v) is 7.00. The molecule has 2 unspecified atom stereocenters. The van der Waals surface area contributed by atoms with Crippen LogP contribution in [0.2, 0.25) is 0 Å². The van der Waals surface area contributed by atoms with Crippen molar-refractivity contribution in [2.24, 2.45) is 5.92 Å². The zero-order chi connectivity index (χ0) is 14.6. The van der Waals surface area contributed by atoms with Crippen LogP contribution in [0.1, 0.15) is 58.6 Å². The Morgan fingerprint density at radius 3 is 2.32 bits per heavy atom. The van der Waals surface area contributed by atoms with Gasteiger partial charge in [-0.15, -0.1) is 0 Å². The Balaban J connectivity index is 3.22. The Bertz CT molecular complexity index is 406. The maximum Gasteiger partial charge on any atom is 0.122 e. The highest BCUT2D eigenvalue weighted by Gasteiger charge is 2.21. The van der Waals surface area contributed by atoms with E-state index < -0.39 is 0 Å². The normalized spacial score (nSPS) is 15.1. The molecule has 1 nitrogen and oxygen atoms in total. The fourth-order valence-corrected chi connectivity index (χ4v) is 2.66. The quantitative estimate of drug-likeness (QED) is 0.647. The number of benzene rings is 1. The van der Waals surface area contributed by atoms with Crippen molar-refractivity contribution in [3.63, 3.8) is 0 Å². The molecule has 0 saturated heterocycles. The molecule has 2 atom stereocenters. The van der Waals surface area contributed by atoms with Crippen LogP contribution in [0.25, 0.3) is 0 Å². The maximum absolute atomic E-state index is 5.81. The number of hydrogen-bond acceptors (Lipinski definition) is 1. The lowest BCUT2D eigenvalue weighted by atomic mass is 9.82. The van der Waals surface area contributed by atoms with Crippen LogP contribution in [0.15, 0.2) is 18.2 Å². The Kier molecular flexibility index (Phi) is 5.91. The largest absolute Gasteiger partial charge is 0.494 e. The first-order chi connectivity index (χ1) is 8.81.